The molecule has 26 heavy (non-hydrogen) atoms. The van der Waals surface area contributed by atoms with Crippen molar-refractivity contribution in [3.63, 3.8) is 0 Å². The molecule has 140 valence electrons. The third-order valence-corrected chi connectivity index (χ3v) is 7.47. The molecule has 0 radical (unpaired) electrons. The summed E-state index contributed by atoms with van der Waals surface area (Å²) in [5.41, 5.74) is 1.69. The smallest absolute Gasteiger partial charge is 0.317 e. The number of hydrogen-bond acceptors (Lipinski definition) is 2. The molecule has 5 aliphatic rings. The van der Waals surface area contributed by atoms with E-state index in [4.69, 9.17) is 0 Å². The lowest BCUT2D eigenvalue weighted by atomic mass is 9.49. The number of nitrogens with zero attached hydrogens (tertiary/aromatic N) is 2. The zero-order valence-corrected chi connectivity index (χ0v) is 15.7. The highest BCUT2D eigenvalue weighted by Crippen LogP contribution is 2.59. The Kier molecular flexibility index (Phi) is 4.10. The first kappa shape index (κ1) is 16.5. The zero-order chi connectivity index (χ0) is 17.6. The topological polar surface area (TPSA) is 35.6 Å². The van der Waals surface area contributed by atoms with Crippen LogP contribution in [-0.4, -0.2) is 43.7 Å². The third-order valence-electron chi connectivity index (χ3n) is 7.47. The molecule has 2 amide bonds. The average Bonchev–Trinajstić information content (AvgIpc) is 2.66. The van der Waals surface area contributed by atoms with Crippen molar-refractivity contribution in [1.82, 2.24) is 10.2 Å². The molecule has 4 saturated carbocycles. The molecule has 1 saturated heterocycles. The van der Waals surface area contributed by atoms with Crippen molar-refractivity contribution in [2.45, 2.75) is 38.5 Å². The van der Waals surface area contributed by atoms with E-state index in [1.807, 2.05) is 4.90 Å². The van der Waals surface area contributed by atoms with Gasteiger partial charge in [0.25, 0.3) is 0 Å². The van der Waals surface area contributed by atoms with Crippen LogP contribution in [-0.2, 0) is 0 Å². The number of hydrogen-bond donors (Lipinski definition) is 1. The Morgan fingerprint density at radius 2 is 1.50 bits per heavy atom. The van der Waals surface area contributed by atoms with Gasteiger partial charge >= 0.3 is 6.03 Å². The molecule has 1 aliphatic heterocycles. The maximum Gasteiger partial charge on any atom is 0.317 e. The molecule has 4 nitrogen and oxygen atoms in total. The van der Waals surface area contributed by atoms with Gasteiger partial charge in [0.1, 0.15) is 0 Å². The molecular formula is C22H31N3O. The van der Waals surface area contributed by atoms with Crippen LogP contribution in [0.1, 0.15) is 38.5 Å². The molecule has 0 unspecified atom stereocenters. The first-order valence-corrected chi connectivity index (χ1v) is 10.5. The maximum atomic E-state index is 12.7. The van der Waals surface area contributed by atoms with Gasteiger partial charge in [-0.25, -0.2) is 4.79 Å². The Bertz CT molecular complexity index is 615. The lowest BCUT2D eigenvalue weighted by Crippen LogP contribution is -2.55. The van der Waals surface area contributed by atoms with Gasteiger partial charge in [-0.05, 0) is 73.8 Å². The average molecular weight is 354 g/mol. The van der Waals surface area contributed by atoms with Crippen LogP contribution in [0.2, 0.25) is 0 Å². The van der Waals surface area contributed by atoms with Crippen LogP contribution in [0.4, 0.5) is 10.5 Å². The normalized spacial score (nSPS) is 35.6. The van der Waals surface area contributed by atoms with Gasteiger partial charge < -0.3 is 15.1 Å². The molecule has 0 aromatic heterocycles. The summed E-state index contributed by atoms with van der Waals surface area (Å²) in [6.45, 7) is 4.40. The van der Waals surface area contributed by atoms with E-state index in [9.17, 15) is 4.79 Å². The summed E-state index contributed by atoms with van der Waals surface area (Å²) in [4.78, 5) is 17.1. The van der Waals surface area contributed by atoms with Crippen molar-refractivity contribution in [3.8, 4) is 0 Å². The molecule has 1 aromatic rings. The fourth-order valence-corrected chi connectivity index (χ4v) is 6.69. The largest absolute Gasteiger partial charge is 0.368 e. The van der Waals surface area contributed by atoms with Crippen molar-refractivity contribution in [3.05, 3.63) is 30.3 Å². The summed E-state index contributed by atoms with van der Waals surface area (Å²) >= 11 is 0. The Morgan fingerprint density at radius 3 is 2.08 bits per heavy atom. The van der Waals surface area contributed by atoms with Gasteiger partial charge in [0.15, 0.2) is 0 Å². The predicted molar refractivity (Wildman–Crippen MR) is 104 cm³/mol. The highest BCUT2D eigenvalue weighted by molar-refractivity contribution is 5.74. The lowest BCUT2D eigenvalue weighted by molar-refractivity contribution is -0.0502. The molecule has 1 N–H and O–H groups in total. The van der Waals surface area contributed by atoms with Gasteiger partial charge in [0, 0.05) is 38.4 Å². The van der Waals surface area contributed by atoms with Gasteiger partial charge in [0.05, 0.1) is 0 Å². The van der Waals surface area contributed by atoms with Crippen LogP contribution in [0, 0.1) is 23.2 Å². The number of rotatable bonds is 3. The monoisotopic (exact) mass is 353 g/mol. The fourth-order valence-electron chi connectivity index (χ4n) is 6.69. The molecule has 5 fully saturated rings. The Balaban J connectivity index is 1.14. The van der Waals surface area contributed by atoms with Crippen molar-refractivity contribution in [2.24, 2.45) is 23.2 Å². The van der Waals surface area contributed by atoms with Crippen LogP contribution < -0.4 is 10.2 Å². The van der Waals surface area contributed by atoms with Crippen molar-refractivity contribution in [1.29, 1.82) is 0 Å². The third kappa shape index (κ3) is 3.08. The number of urea groups is 1. The Labute approximate surface area is 156 Å². The number of piperazine rings is 1. The lowest BCUT2D eigenvalue weighted by Gasteiger charge is -2.57. The van der Waals surface area contributed by atoms with Gasteiger partial charge in [-0.15, -0.1) is 0 Å². The van der Waals surface area contributed by atoms with Crippen LogP contribution in [0.15, 0.2) is 30.3 Å². The summed E-state index contributed by atoms with van der Waals surface area (Å²) in [6.07, 6.45) is 8.49. The van der Waals surface area contributed by atoms with Crippen molar-refractivity contribution >= 4 is 11.7 Å². The predicted octanol–water partition coefficient (Wildman–Crippen LogP) is 3.73. The van der Waals surface area contributed by atoms with Gasteiger partial charge in [-0.1, -0.05) is 18.2 Å². The number of para-hydroxylation sites is 1. The Hall–Kier alpha value is -1.71. The molecule has 0 atom stereocenters. The quantitative estimate of drug-likeness (QED) is 0.899. The van der Waals surface area contributed by atoms with Crippen molar-refractivity contribution in [2.75, 3.05) is 37.6 Å². The van der Waals surface area contributed by atoms with Gasteiger partial charge in [-0.3, -0.25) is 0 Å². The highest BCUT2D eigenvalue weighted by atomic mass is 16.2. The minimum atomic E-state index is 0.161. The minimum Gasteiger partial charge on any atom is -0.368 e. The van der Waals surface area contributed by atoms with E-state index in [1.165, 1.54) is 44.2 Å². The zero-order valence-electron chi connectivity index (χ0n) is 15.7. The second-order valence-corrected chi connectivity index (χ2v) is 9.39. The standard InChI is InChI=1S/C22H31N3O/c26-21(25-8-6-24(7-9-25)20-4-2-1-3-5-20)23-16-22-13-17-10-18(14-22)12-19(11-17)15-22/h1-5,17-19H,6-16H2,(H,23,26). The number of nitrogens with one attached hydrogen (secondary N) is 1. The number of benzene rings is 1. The second kappa shape index (κ2) is 6.47. The van der Waals surface area contributed by atoms with E-state index in [-0.39, 0.29) is 6.03 Å². The van der Waals surface area contributed by atoms with Crippen LogP contribution >= 0.6 is 0 Å². The summed E-state index contributed by atoms with van der Waals surface area (Å²) in [7, 11) is 0. The van der Waals surface area contributed by atoms with E-state index in [2.05, 4.69) is 40.5 Å². The van der Waals surface area contributed by atoms with E-state index >= 15 is 0 Å². The van der Waals surface area contributed by atoms with Crippen LogP contribution in [0.5, 0.6) is 0 Å². The number of carbonyl (C=O) groups excluding carboxylic acids is 1. The molecule has 4 heteroatoms. The fraction of sp³-hybridized carbons (Fsp3) is 0.682. The first-order chi connectivity index (χ1) is 12.7. The van der Waals surface area contributed by atoms with E-state index in [0.717, 1.165) is 50.5 Å². The molecule has 4 aliphatic carbocycles. The minimum absolute atomic E-state index is 0.161. The molecule has 0 spiro atoms. The number of carbonyl (C=O) groups is 1. The molecule has 4 bridgehead atoms. The SMILES string of the molecule is O=C(NCC12CC3CC(CC(C3)C1)C2)N1CCN(c2ccccc2)CC1. The van der Waals surface area contributed by atoms with E-state index < -0.39 is 0 Å². The number of anilines is 1. The van der Waals surface area contributed by atoms with Crippen LogP contribution in [0.3, 0.4) is 0 Å². The first-order valence-electron chi connectivity index (χ1n) is 10.5. The Morgan fingerprint density at radius 1 is 0.923 bits per heavy atom. The summed E-state index contributed by atoms with van der Waals surface area (Å²) in [5, 5.41) is 3.33. The second-order valence-electron chi connectivity index (χ2n) is 9.39. The maximum absolute atomic E-state index is 12.7. The number of amides is 2. The summed E-state index contributed by atoms with van der Waals surface area (Å²) in [6, 6.07) is 10.7. The molecular weight excluding hydrogens is 322 g/mol. The highest BCUT2D eigenvalue weighted by Gasteiger charge is 2.50. The summed E-state index contributed by atoms with van der Waals surface area (Å²) in [5.74, 6) is 2.85. The molecule has 1 aromatic carbocycles. The molecule has 1 heterocycles. The van der Waals surface area contributed by atoms with Crippen molar-refractivity contribution < 1.29 is 4.79 Å². The van der Waals surface area contributed by atoms with Crippen LogP contribution in [0.25, 0.3) is 0 Å². The summed E-state index contributed by atoms with van der Waals surface area (Å²) < 4.78 is 0. The van der Waals surface area contributed by atoms with Gasteiger partial charge in [0.2, 0.25) is 0 Å². The van der Waals surface area contributed by atoms with E-state index in [0.29, 0.717) is 5.41 Å². The molecule has 6 rings (SSSR count). The van der Waals surface area contributed by atoms with Gasteiger partial charge in [-0.2, -0.15) is 0 Å². The van der Waals surface area contributed by atoms with E-state index in [1.54, 1.807) is 0 Å².